The van der Waals surface area contributed by atoms with Crippen molar-refractivity contribution in [2.24, 2.45) is 0 Å². The summed E-state index contributed by atoms with van der Waals surface area (Å²) in [6, 6.07) is 8.48. The van der Waals surface area contributed by atoms with Crippen LogP contribution in [0.15, 0.2) is 35.2 Å². The molecule has 3 rings (SSSR count). The van der Waals surface area contributed by atoms with Gasteiger partial charge in [0.25, 0.3) is 5.91 Å². The Morgan fingerprint density at radius 2 is 2.04 bits per heavy atom. The summed E-state index contributed by atoms with van der Waals surface area (Å²) in [7, 11) is 0. The van der Waals surface area contributed by atoms with E-state index >= 15 is 0 Å². The second-order valence-corrected chi connectivity index (χ2v) is 7.24. The van der Waals surface area contributed by atoms with Crippen LogP contribution >= 0.6 is 24.0 Å². The number of hydrogen-bond donors (Lipinski definition) is 0. The number of aryl methyl sites for hydroxylation is 1. The summed E-state index contributed by atoms with van der Waals surface area (Å²) < 4.78 is 16.1. The van der Waals surface area contributed by atoms with Crippen LogP contribution in [0.4, 0.5) is 4.39 Å². The van der Waals surface area contributed by atoms with Gasteiger partial charge in [0, 0.05) is 23.6 Å². The van der Waals surface area contributed by atoms with Crippen molar-refractivity contribution >= 4 is 40.3 Å². The zero-order chi connectivity index (χ0) is 17.4. The third-order valence-corrected chi connectivity index (χ3v) is 5.39. The van der Waals surface area contributed by atoms with E-state index in [2.05, 4.69) is 0 Å². The fourth-order valence-corrected chi connectivity index (χ4v) is 4.24. The zero-order valence-electron chi connectivity index (χ0n) is 13.7. The number of carbonyl (C=O) groups excluding carboxylic acids is 1. The maximum atomic E-state index is 13.5. The van der Waals surface area contributed by atoms with E-state index in [0.29, 0.717) is 15.8 Å². The number of aromatic nitrogens is 1. The lowest BCUT2D eigenvalue weighted by Crippen LogP contribution is -2.27. The second kappa shape index (κ2) is 6.53. The van der Waals surface area contributed by atoms with Gasteiger partial charge in [-0.3, -0.25) is 9.69 Å². The van der Waals surface area contributed by atoms with Crippen molar-refractivity contribution in [3.8, 4) is 5.69 Å². The Morgan fingerprint density at radius 1 is 1.29 bits per heavy atom. The minimum atomic E-state index is -0.273. The summed E-state index contributed by atoms with van der Waals surface area (Å²) in [6.07, 6.45) is 1.87. The van der Waals surface area contributed by atoms with Gasteiger partial charge >= 0.3 is 0 Å². The largest absolute Gasteiger partial charge is 0.318 e. The summed E-state index contributed by atoms with van der Waals surface area (Å²) >= 11 is 6.57. The van der Waals surface area contributed by atoms with Gasteiger partial charge in [0.05, 0.1) is 4.91 Å². The van der Waals surface area contributed by atoms with Crippen molar-refractivity contribution in [1.29, 1.82) is 0 Å². The van der Waals surface area contributed by atoms with Gasteiger partial charge in [-0.25, -0.2) is 4.39 Å². The molecule has 1 aromatic carbocycles. The Hall–Kier alpha value is -1.92. The van der Waals surface area contributed by atoms with Crippen LogP contribution in [0.25, 0.3) is 11.8 Å². The first-order valence-electron chi connectivity index (χ1n) is 7.62. The van der Waals surface area contributed by atoms with E-state index < -0.39 is 0 Å². The van der Waals surface area contributed by atoms with Crippen molar-refractivity contribution in [3.63, 3.8) is 0 Å². The van der Waals surface area contributed by atoms with Crippen molar-refractivity contribution in [1.82, 2.24) is 9.47 Å². The molecule has 0 aliphatic carbocycles. The number of rotatable bonds is 3. The van der Waals surface area contributed by atoms with E-state index in [-0.39, 0.29) is 11.7 Å². The number of benzene rings is 1. The molecule has 1 fully saturated rings. The number of carbonyl (C=O) groups is 1. The molecule has 24 heavy (non-hydrogen) atoms. The summed E-state index contributed by atoms with van der Waals surface area (Å²) in [6.45, 7) is 6.41. The van der Waals surface area contributed by atoms with Gasteiger partial charge in [0.2, 0.25) is 0 Å². The first kappa shape index (κ1) is 16.9. The molecule has 124 valence electrons. The van der Waals surface area contributed by atoms with E-state index in [1.54, 1.807) is 11.0 Å². The highest BCUT2D eigenvalue weighted by Gasteiger charge is 2.30. The number of likely N-dealkylation sites (N-methyl/N-ethyl adjacent to an activating group) is 1. The number of amides is 1. The molecular weight excluding hydrogens is 343 g/mol. The molecule has 0 atom stereocenters. The topological polar surface area (TPSA) is 25.2 Å². The van der Waals surface area contributed by atoms with E-state index in [1.807, 2.05) is 43.5 Å². The van der Waals surface area contributed by atoms with E-state index in [1.165, 1.54) is 23.9 Å². The molecule has 6 heteroatoms. The normalized spacial score (nSPS) is 16.5. The van der Waals surface area contributed by atoms with Gasteiger partial charge in [0.1, 0.15) is 10.1 Å². The molecular formula is C18H17FN2OS2. The SMILES string of the molecule is CCN1C(=O)C(=Cc2cc(C)n(-c3cccc(F)c3)c2C)SC1=S. The summed E-state index contributed by atoms with van der Waals surface area (Å²) in [5, 5.41) is 0. The molecule has 1 aliphatic heterocycles. The van der Waals surface area contributed by atoms with Crippen molar-refractivity contribution in [2.45, 2.75) is 20.8 Å². The average molecular weight is 360 g/mol. The number of hydrogen-bond acceptors (Lipinski definition) is 3. The number of thiocarbonyl (C=S) groups is 1. The first-order chi connectivity index (χ1) is 11.4. The van der Waals surface area contributed by atoms with Crippen LogP contribution in [0.1, 0.15) is 23.9 Å². The molecule has 3 nitrogen and oxygen atoms in total. The van der Waals surface area contributed by atoms with Crippen LogP contribution in [0.2, 0.25) is 0 Å². The standard InChI is InChI=1S/C18H17FN2OS2/c1-4-20-17(22)16(24-18(20)23)9-13-8-11(2)21(12(13)3)15-7-5-6-14(19)10-15/h5-10H,4H2,1-3H3. The molecule has 1 aliphatic rings. The van der Waals surface area contributed by atoms with Gasteiger partial charge < -0.3 is 4.57 Å². The van der Waals surface area contributed by atoms with Crippen LogP contribution in [0, 0.1) is 19.7 Å². The summed E-state index contributed by atoms with van der Waals surface area (Å²) in [5.74, 6) is -0.326. The third kappa shape index (κ3) is 2.91. The quantitative estimate of drug-likeness (QED) is 0.597. The number of nitrogens with zero attached hydrogens (tertiary/aromatic N) is 2. The van der Waals surface area contributed by atoms with Gasteiger partial charge in [0.15, 0.2) is 0 Å². The predicted octanol–water partition coefficient (Wildman–Crippen LogP) is 4.45. The summed E-state index contributed by atoms with van der Waals surface area (Å²) in [5.41, 5.74) is 3.65. The van der Waals surface area contributed by atoms with Crippen LogP contribution < -0.4 is 0 Å². The smallest absolute Gasteiger partial charge is 0.266 e. The minimum Gasteiger partial charge on any atom is -0.318 e. The fourth-order valence-electron chi connectivity index (χ4n) is 2.86. The lowest BCUT2D eigenvalue weighted by Gasteiger charge is -2.10. The lowest BCUT2D eigenvalue weighted by atomic mass is 10.2. The molecule has 0 unspecified atom stereocenters. The van der Waals surface area contributed by atoms with Crippen LogP contribution in [0.5, 0.6) is 0 Å². The Morgan fingerprint density at radius 3 is 2.67 bits per heavy atom. The molecule has 0 saturated carbocycles. The van der Waals surface area contributed by atoms with Crippen molar-refractivity contribution in [2.75, 3.05) is 6.54 Å². The van der Waals surface area contributed by atoms with Crippen LogP contribution in [-0.2, 0) is 4.79 Å². The first-order valence-corrected chi connectivity index (χ1v) is 8.85. The van der Waals surface area contributed by atoms with Crippen molar-refractivity contribution < 1.29 is 9.18 Å². The van der Waals surface area contributed by atoms with Gasteiger partial charge in [-0.2, -0.15) is 0 Å². The molecule has 0 spiro atoms. The van der Waals surface area contributed by atoms with Crippen LogP contribution in [0.3, 0.4) is 0 Å². The van der Waals surface area contributed by atoms with Gasteiger partial charge in [-0.15, -0.1) is 0 Å². The maximum absolute atomic E-state index is 13.5. The monoisotopic (exact) mass is 360 g/mol. The highest BCUT2D eigenvalue weighted by atomic mass is 32.2. The highest BCUT2D eigenvalue weighted by Crippen LogP contribution is 2.33. The molecule has 0 bridgehead atoms. The zero-order valence-corrected chi connectivity index (χ0v) is 15.3. The Kier molecular flexibility index (Phi) is 4.60. The van der Waals surface area contributed by atoms with E-state index in [4.69, 9.17) is 12.2 Å². The predicted molar refractivity (Wildman–Crippen MR) is 101 cm³/mol. The van der Waals surface area contributed by atoms with Crippen LogP contribution in [-0.4, -0.2) is 26.2 Å². The molecule has 1 saturated heterocycles. The minimum absolute atomic E-state index is 0.0527. The summed E-state index contributed by atoms with van der Waals surface area (Å²) in [4.78, 5) is 14.6. The van der Waals surface area contributed by atoms with Crippen molar-refractivity contribution in [3.05, 3.63) is 58.0 Å². The highest BCUT2D eigenvalue weighted by molar-refractivity contribution is 8.26. The molecule has 2 heterocycles. The number of halogens is 1. The average Bonchev–Trinajstić information content (AvgIpc) is 2.95. The Bertz CT molecular complexity index is 870. The molecule has 1 aromatic heterocycles. The number of thioether (sulfide) groups is 1. The lowest BCUT2D eigenvalue weighted by molar-refractivity contribution is -0.121. The molecule has 2 aromatic rings. The molecule has 1 amide bonds. The maximum Gasteiger partial charge on any atom is 0.266 e. The van der Waals surface area contributed by atoms with E-state index in [0.717, 1.165) is 22.6 Å². The second-order valence-electron chi connectivity index (χ2n) is 5.57. The van der Waals surface area contributed by atoms with E-state index in [9.17, 15) is 9.18 Å². The Labute approximate surface area is 150 Å². The molecule has 0 radical (unpaired) electrons. The third-order valence-electron chi connectivity index (χ3n) is 4.01. The van der Waals surface area contributed by atoms with Gasteiger partial charge in [-0.1, -0.05) is 30.0 Å². The Balaban J connectivity index is 2.03. The molecule has 0 N–H and O–H groups in total. The van der Waals surface area contributed by atoms with Gasteiger partial charge in [-0.05, 0) is 56.7 Å². The fraction of sp³-hybridized carbons (Fsp3) is 0.222.